The van der Waals surface area contributed by atoms with Gasteiger partial charge in [0.1, 0.15) is 6.61 Å². The minimum Gasteiger partial charge on any atom is -0.497 e. The second-order valence-electron chi connectivity index (χ2n) is 7.00. The molecule has 0 amide bonds. The summed E-state index contributed by atoms with van der Waals surface area (Å²) < 4.78 is 4.80. The van der Waals surface area contributed by atoms with Crippen molar-refractivity contribution in [3.05, 3.63) is 95.8 Å². The molecule has 0 aromatic carbocycles. The van der Waals surface area contributed by atoms with Gasteiger partial charge in [-0.3, -0.25) is 0 Å². The number of hydrogen-bond donors (Lipinski definition) is 2. The summed E-state index contributed by atoms with van der Waals surface area (Å²) in [5, 5.41) is 0. The third-order valence-corrected chi connectivity index (χ3v) is 4.66. The molecule has 3 aliphatic heterocycles. The van der Waals surface area contributed by atoms with Crippen molar-refractivity contribution in [3.63, 3.8) is 0 Å². The molecule has 5 heteroatoms. The van der Waals surface area contributed by atoms with Crippen LogP contribution in [0.5, 0.6) is 0 Å². The van der Waals surface area contributed by atoms with Crippen molar-refractivity contribution in [2.75, 3.05) is 6.61 Å². The highest BCUT2D eigenvalue weighted by molar-refractivity contribution is 5.77. The van der Waals surface area contributed by atoms with E-state index < -0.39 is 0 Å². The van der Waals surface area contributed by atoms with Crippen LogP contribution in [0.1, 0.15) is 22.8 Å². The van der Waals surface area contributed by atoms with Gasteiger partial charge in [-0.25, -0.2) is 9.97 Å². The lowest BCUT2D eigenvalue weighted by Crippen LogP contribution is -1.82. The van der Waals surface area contributed by atoms with Crippen LogP contribution in [0.4, 0.5) is 0 Å². The van der Waals surface area contributed by atoms with E-state index in [1.165, 1.54) is 0 Å². The fourth-order valence-electron chi connectivity index (χ4n) is 3.29. The Hall–Kier alpha value is -4.12. The minimum absolute atomic E-state index is 0.733. The number of nitrogens with zero attached hydrogens (tertiary/aromatic N) is 2. The van der Waals surface area contributed by atoms with Crippen molar-refractivity contribution in [3.8, 4) is 0 Å². The van der Waals surface area contributed by atoms with Crippen molar-refractivity contribution >= 4 is 46.4 Å². The summed E-state index contributed by atoms with van der Waals surface area (Å²) in [7, 11) is 0. The number of hydrogen-bond acceptors (Lipinski definition) is 3. The first-order valence-corrected chi connectivity index (χ1v) is 9.78. The zero-order valence-electron chi connectivity index (χ0n) is 16.2. The molecule has 30 heavy (non-hydrogen) atoms. The number of rotatable bonds is 0. The molecular weight excluding hydrogens is 372 g/mol. The third kappa shape index (κ3) is 4.31. The summed E-state index contributed by atoms with van der Waals surface area (Å²) in [6.45, 7) is 0.733. The summed E-state index contributed by atoms with van der Waals surface area (Å²) >= 11 is 0. The first kappa shape index (κ1) is 17.9. The molecule has 2 N–H and O–H groups in total. The second kappa shape index (κ2) is 8.09. The van der Waals surface area contributed by atoms with Gasteiger partial charge in [-0.1, -0.05) is 6.08 Å². The predicted molar refractivity (Wildman–Crippen MR) is 123 cm³/mol. The van der Waals surface area contributed by atoms with Gasteiger partial charge >= 0.3 is 0 Å². The Morgan fingerprint density at radius 3 is 1.50 bits per heavy atom. The maximum absolute atomic E-state index is 4.80. The predicted octanol–water partition coefficient (Wildman–Crippen LogP) is 5.74. The smallest absolute Gasteiger partial charge is 0.106 e. The summed E-state index contributed by atoms with van der Waals surface area (Å²) in [6.07, 6.45) is 15.5. The van der Waals surface area contributed by atoms with E-state index in [0.29, 0.717) is 0 Å². The average molecular weight is 392 g/mol. The normalized spacial score (nSPS) is 13.6. The van der Waals surface area contributed by atoms with Gasteiger partial charge in [-0.2, -0.15) is 0 Å². The zero-order valence-corrected chi connectivity index (χ0v) is 16.2. The van der Waals surface area contributed by atoms with Crippen LogP contribution in [-0.4, -0.2) is 26.5 Å². The first-order valence-electron chi connectivity index (χ1n) is 9.78. The van der Waals surface area contributed by atoms with Crippen LogP contribution in [-0.2, 0) is 4.74 Å². The maximum Gasteiger partial charge on any atom is 0.106 e. The van der Waals surface area contributed by atoms with E-state index in [9.17, 15) is 0 Å². The van der Waals surface area contributed by atoms with Crippen molar-refractivity contribution in [1.29, 1.82) is 0 Å². The molecule has 8 bridgehead atoms. The van der Waals surface area contributed by atoms with Crippen LogP contribution in [0.3, 0.4) is 0 Å². The van der Waals surface area contributed by atoms with E-state index >= 15 is 0 Å². The Morgan fingerprint density at radius 2 is 1.10 bits per heavy atom. The molecule has 3 aromatic rings. The molecule has 3 aromatic heterocycles. The highest BCUT2D eigenvalue weighted by Gasteiger charge is 2.02. The summed E-state index contributed by atoms with van der Waals surface area (Å²) in [5.74, 6) is 0. The highest BCUT2D eigenvalue weighted by Crippen LogP contribution is 2.17. The number of aromatic nitrogens is 4. The molecule has 6 heterocycles. The summed E-state index contributed by atoms with van der Waals surface area (Å²) in [4.78, 5) is 16.0. The number of aromatic amines is 2. The zero-order chi connectivity index (χ0) is 20.2. The van der Waals surface area contributed by atoms with E-state index in [1.807, 2.05) is 60.7 Å². The second-order valence-corrected chi connectivity index (χ2v) is 7.00. The van der Waals surface area contributed by atoms with E-state index in [4.69, 9.17) is 4.74 Å². The Morgan fingerprint density at radius 1 is 0.600 bits per heavy atom. The number of ether oxygens (including phenoxy) is 1. The molecule has 3 aliphatic rings. The lowest BCUT2D eigenvalue weighted by Gasteiger charge is -1.94. The van der Waals surface area contributed by atoms with E-state index in [2.05, 4.69) is 50.3 Å². The molecule has 0 unspecified atom stereocenters. The lowest BCUT2D eigenvalue weighted by molar-refractivity contribution is 0.286. The summed E-state index contributed by atoms with van der Waals surface area (Å²) in [6, 6.07) is 16.4. The van der Waals surface area contributed by atoms with Crippen molar-refractivity contribution in [2.45, 2.75) is 0 Å². The largest absolute Gasteiger partial charge is 0.497 e. The van der Waals surface area contributed by atoms with Gasteiger partial charge in [-0.15, -0.1) is 0 Å². The SMILES string of the molecule is C1=CCOC=C1.C1=Cc2cc3ccc(cc4ccc(cc5nc(cc1n2)C=C5)[nH]4)[nH]3. The summed E-state index contributed by atoms with van der Waals surface area (Å²) in [5.41, 5.74) is 7.86. The Kier molecular flexibility index (Phi) is 4.84. The third-order valence-electron chi connectivity index (χ3n) is 4.66. The van der Waals surface area contributed by atoms with Crippen LogP contribution in [0, 0.1) is 0 Å². The van der Waals surface area contributed by atoms with Gasteiger partial charge in [0.05, 0.1) is 29.0 Å². The molecule has 0 saturated carbocycles. The number of nitrogens with one attached hydrogen (secondary N) is 2. The molecule has 146 valence electrons. The first-order chi connectivity index (χ1) is 14.8. The molecule has 0 radical (unpaired) electrons. The average Bonchev–Trinajstić information content (AvgIpc) is 3.56. The molecular formula is C25H20N4O. The Labute approximate surface area is 173 Å². The fraction of sp³-hybridized carbons (Fsp3) is 0.0400. The highest BCUT2D eigenvalue weighted by atomic mass is 16.5. The molecule has 0 aliphatic carbocycles. The minimum atomic E-state index is 0.733. The van der Waals surface area contributed by atoms with Crippen molar-refractivity contribution in [2.24, 2.45) is 0 Å². The molecule has 0 atom stereocenters. The van der Waals surface area contributed by atoms with Crippen molar-refractivity contribution < 1.29 is 4.74 Å². The van der Waals surface area contributed by atoms with Gasteiger partial charge in [0.2, 0.25) is 0 Å². The lowest BCUT2D eigenvalue weighted by atomic mass is 10.3. The standard InChI is InChI=1S/C20H14N4.C5H6O/c1-2-14-10-16-5-6-18(23-16)12-20-8-7-19(24-20)11-17-4-3-15(22-17)9-13(1)21-14;1-2-4-6-5-3-1/h1-12,21-22H;1-4H,5H2. The Balaban J connectivity index is 0.000000279. The van der Waals surface area contributed by atoms with Gasteiger partial charge in [-0.05, 0) is 85.0 Å². The molecule has 0 spiro atoms. The van der Waals surface area contributed by atoms with Gasteiger partial charge < -0.3 is 14.7 Å². The Bertz CT molecular complexity index is 1250. The molecule has 0 saturated heterocycles. The van der Waals surface area contributed by atoms with Crippen LogP contribution in [0.15, 0.2) is 73.0 Å². The van der Waals surface area contributed by atoms with E-state index in [-0.39, 0.29) is 0 Å². The van der Waals surface area contributed by atoms with E-state index in [0.717, 1.165) is 51.4 Å². The van der Waals surface area contributed by atoms with Gasteiger partial charge in [0, 0.05) is 22.1 Å². The molecule has 5 nitrogen and oxygen atoms in total. The quantitative estimate of drug-likeness (QED) is 0.353. The van der Waals surface area contributed by atoms with Crippen LogP contribution in [0.25, 0.3) is 46.4 Å². The molecule has 6 rings (SSSR count). The van der Waals surface area contributed by atoms with Crippen molar-refractivity contribution in [1.82, 2.24) is 19.9 Å². The van der Waals surface area contributed by atoms with Crippen LogP contribution >= 0.6 is 0 Å². The van der Waals surface area contributed by atoms with Crippen LogP contribution in [0.2, 0.25) is 0 Å². The number of fused-ring (bicyclic) bond motifs is 8. The topological polar surface area (TPSA) is 66.6 Å². The monoisotopic (exact) mass is 392 g/mol. The maximum atomic E-state index is 4.80. The number of allylic oxidation sites excluding steroid dienone is 2. The fourth-order valence-corrected chi connectivity index (χ4v) is 3.29. The van der Waals surface area contributed by atoms with Crippen LogP contribution < -0.4 is 0 Å². The van der Waals surface area contributed by atoms with Gasteiger partial charge in [0.25, 0.3) is 0 Å². The van der Waals surface area contributed by atoms with Gasteiger partial charge in [0.15, 0.2) is 0 Å². The van der Waals surface area contributed by atoms with E-state index in [1.54, 1.807) is 6.26 Å². The molecule has 0 fully saturated rings. The number of H-pyrrole nitrogens is 2.